The Kier molecular flexibility index (Phi) is 2.39. The standard InChI is InChI=1S/C11H13NO2/c1-2-8-14-11(13)9-5-7-12-6-3-4-10(9)12/h2-4,6,9H,1,5,7-8H2. The van der Waals surface area contributed by atoms with E-state index in [2.05, 4.69) is 11.1 Å². The third kappa shape index (κ3) is 1.45. The van der Waals surface area contributed by atoms with E-state index in [-0.39, 0.29) is 11.9 Å². The van der Waals surface area contributed by atoms with Gasteiger partial charge in [-0.05, 0) is 18.6 Å². The fourth-order valence-electron chi connectivity index (χ4n) is 1.84. The fourth-order valence-corrected chi connectivity index (χ4v) is 1.84. The Morgan fingerprint density at radius 2 is 2.64 bits per heavy atom. The molecule has 0 saturated carbocycles. The molecule has 74 valence electrons. The highest BCUT2D eigenvalue weighted by Crippen LogP contribution is 2.29. The normalized spacial score (nSPS) is 19.0. The van der Waals surface area contributed by atoms with Crippen molar-refractivity contribution in [3.63, 3.8) is 0 Å². The molecule has 3 heteroatoms. The Labute approximate surface area is 83.0 Å². The van der Waals surface area contributed by atoms with Gasteiger partial charge in [-0.15, -0.1) is 0 Å². The molecule has 0 saturated heterocycles. The van der Waals surface area contributed by atoms with E-state index < -0.39 is 0 Å². The van der Waals surface area contributed by atoms with Gasteiger partial charge >= 0.3 is 5.97 Å². The lowest BCUT2D eigenvalue weighted by Gasteiger charge is -2.07. The number of carbonyl (C=O) groups is 1. The van der Waals surface area contributed by atoms with Crippen molar-refractivity contribution in [3.8, 4) is 0 Å². The summed E-state index contributed by atoms with van der Waals surface area (Å²) >= 11 is 0. The molecule has 0 N–H and O–H groups in total. The van der Waals surface area contributed by atoms with Crippen LogP contribution in [0.25, 0.3) is 0 Å². The lowest BCUT2D eigenvalue weighted by molar-refractivity contribution is -0.144. The number of aromatic nitrogens is 1. The molecule has 0 fully saturated rings. The van der Waals surface area contributed by atoms with Crippen LogP contribution in [0.15, 0.2) is 31.0 Å². The molecule has 0 spiro atoms. The summed E-state index contributed by atoms with van der Waals surface area (Å²) in [7, 11) is 0. The van der Waals surface area contributed by atoms with E-state index in [1.165, 1.54) is 0 Å². The zero-order valence-electron chi connectivity index (χ0n) is 7.98. The van der Waals surface area contributed by atoms with Crippen LogP contribution in [0.2, 0.25) is 0 Å². The lowest BCUT2D eigenvalue weighted by atomic mass is 10.1. The van der Waals surface area contributed by atoms with Crippen LogP contribution in [0.3, 0.4) is 0 Å². The van der Waals surface area contributed by atoms with Gasteiger partial charge in [0.15, 0.2) is 0 Å². The van der Waals surface area contributed by atoms with E-state index in [1.807, 2.05) is 18.3 Å². The smallest absolute Gasteiger partial charge is 0.315 e. The maximum absolute atomic E-state index is 11.6. The summed E-state index contributed by atoms with van der Waals surface area (Å²) in [5, 5.41) is 0. The SMILES string of the molecule is C=CCOC(=O)C1CCn2cccc21. The monoisotopic (exact) mass is 191 g/mol. The summed E-state index contributed by atoms with van der Waals surface area (Å²) in [5.74, 6) is -0.215. The van der Waals surface area contributed by atoms with Crippen molar-refractivity contribution < 1.29 is 9.53 Å². The molecule has 1 atom stereocenters. The van der Waals surface area contributed by atoms with Crippen molar-refractivity contribution in [2.45, 2.75) is 18.9 Å². The number of nitrogens with zero attached hydrogens (tertiary/aromatic N) is 1. The number of fused-ring (bicyclic) bond motifs is 1. The van der Waals surface area contributed by atoms with Gasteiger partial charge in [-0.3, -0.25) is 4.79 Å². The van der Waals surface area contributed by atoms with Crippen LogP contribution in [-0.4, -0.2) is 17.1 Å². The minimum Gasteiger partial charge on any atom is -0.461 e. The highest BCUT2D eigenvalue weighted by molar-refractivity contribution is 5.78. The lowest BCUT2D eigenvalue weighted by Crippen LogP contribution is -2.13. The molecule has 0 amide bonds. The van der Waals surface area contributed by atoms with E-state index in [0.29, 0.717) is 6.61 Å². The number of hydrogen-bond donors (Lipinski definition) is 0. The van der Waals surface area contributed by atoms with Gasteiger partial charge in [0.25, 0.3) is 0 Å². The second-order valence-electron chi connectivity index (χ2n) is 3.39. The quantitative estimate of drug-likeness (QED) is 0.538. The van der Waals surface area contributed by atoms with E-state index >= 15 is 0 Å². The van der Waals surface area contributed by atoms with Crippen molar-refractivity contribution in [1.29, 1.82) is 0 Å². The van der Waals surface area contributed by atoms with Crippen LogP contribution >= 0.6 is 0 Å². The first kappa shape index (κ1) is 9.06. The van der Waals surface area contributed by atoms with Gasteiger partial charge in [-0.25, -0.2) is 0 Å². The number of carbonyl (C=O) groups excluding carboxylic acids is 1. The zero-order valence-corrected chi connectivity index (χ0v) is 7.98. The van der Waals surface area contributed by atoms with Gasteiger partial charge in [0.05, 0.1) is 5.92 Å². The minimum absolute atomic E-state index is 0.0788. The molecular formula is C11H13NO2. The molecule has 3 nitrogen and oxygen atoms in total. The summed E-state index contributed by atoms with van der Waals surface area (Å²) in [4.78, 5) is 11.6. The van der Waals surface area contributed by atoms with Crippen molar-refractivity contribution >= 4 is 5.97 Å². The summed E-state index contributed by atoms with van der Waals surface area (Å²) in [6, 6.07) is 3.94. The Hall–Kier alpha value is -1.51. The number of aryl methyl sites for hydroxylation is 1. The molecule has 0 aliphatic carbocycles. The van der Waals surface area contributed by atoms with Crippen LogP contribution in [0, 0.1) is 0 Å². The Morgan fingerprint density at radius 3 is 3.43 bits per heavy atom. The number of hydrogen-bond acceptors (Lipinski definition) is 2. The fraction of sp³-hybridized carbons (Fsp3) is 0.364. The average molecular weight is 191 g/mol. The number of rotatable bonds is 3. The van der Waals surface area contributed by atoms with Crippen LogP contribution < -0.4 is 0 Å². The van der Waals surface area contributed by atoms with Crippen molar-refractivity contribution in [2.75, 3.05) is 6.61 Å². The van der Waals surface area contributed by atoms with E-state index in [4.69, 9.17) is 4.74 Å². The van der Waals surface area contributed by atoms with Gasteiger partial charge in [-0.2, -0.15) is 0 Å². The molecule has 1 aromatic heterocycles. The largest absolute Gasteiger partial charge is 0.461 e. The maximum Gasteiger partial charge on any atom is 0.315 e. The van der Waals surface area contributed by atoms with E-state index in [1.54, 1.807) is 6.08 Å². The first-order valence-electron chi connectivity index (χ1n) is 4.75. The van der Waals surface area contributed by atoms with Gasteiger partial charge in [0.2, 0.25) is 0 Å². The molecule has 0 radical (unpaired) electrons. The zero-order chi connectivity index (χ0) is 9.97. The highest BCUT2D eigenvalue weighted by Gasteiger charge is 2.29. The molecule has 0 aromatic carbocycles. The van der Waals surface area contributed by atoms with E-state index in [9.17, 15) is 4.79 Å². The average Bonchev–Trinajstić information content (AvgIpc) is 2.74. The van der Waals surface area contributed by atoms with Gasteiger partial charge in [0, 0.05) is 18.4 Å². The van der Waals surface area contributed by atoms with Gasteiger partial charge in [0.1, 0.15) is 6.61 Å². The summed E-state index contributed by atoms with van der Waals surface area (Å²) < 4.78 is 7.13. The Balaban J connectivity index is 2.07. The maximum atomic E-state index is 11.6. The third-order valence-electron chi connectivity index (χ3n) is 2.51. The molecule has 14 heavy (non-hydrogen) atoms. The molecule has 0 bridgehead atoms. The molecular weight excluding hydrogens is 178 g/mol. The van der Waals surface area contributed by atoms with Crippen LogP contribution in [0.4, 0.5) is 0 Å². The van der Waals surface area contributed by atoms with Crippen LogP contribution in [-0.2, 0) is 16.1 Å². The van der Waals surface area contributed by atoms with Gasteiger partial charge in [-0.1, -0.05) is 12.7 Å². The predicted octanol–water partition coefficient (Wildman–Crippen LogP) is 1.70. The molecule has 1 aliphatic heterocycles. The van der Waals surface area contributed by atoms with Crippen LogP contribution in [0.1, 0.15) is 18.0 Å². The van der Waals surface area contributed by atoms with Crippen LogP contribution in [0.5, 0.6) is 0 Å². The Morgan fingerprint density at radius 1 is 1.79 bits per heavy atom. The highest BCUT2D eigenvalue weighted by atomic mass is 16.5. The first-order valence-corrected chi connectivity index (χ1v) is 4.75. The molecule has 2 heterocycles. The van der Waals surface area contributed by atoms with Crippen molar-refractivity contribution in [1.82, 2.24) is 4.57 Å². The molecule has 1 aromatic rings. The molecule has 1 aliphatic rings. The second-order valence-corrected chi connectivity index (χ2v) is 3.39. The Bertz CT molecular complexity index is 354. The second kappa shape index (κ2) is 3.70. The van der Waals surface area contributed by atoms with E-state index in [0.717, 1.165) is 18.7 Å². The van der Waals surface area contributed by atoms with Crippen molar-refractivity contribution in [3.05, 3.63) is 36.7 Å². The number of esters is 1. The van der Waals surface area contributed by atoms with Gasteiger partial charge < -0.3 is 9.30 Å². The minimum atomic E-state index is -0.137. The summed E-state index contributed by atoms with van der Waals surface area (Å²) in [6.45, 7) is 4.73. The third-order valence-corrected chi connectivity index (χ3v) is 2.51. The topological polar surface area (TPSA) is 31.2 Å². The molecule has 2 rings (SSSR count). The first-order chi connectivity index (χ1) is 6.83. The number of ether oxygens (including phenoxy) is 1. The molecule has 1 unspecified atom stereocenters. The summed E-state index contributed by atoms with van der Waals surface area (Å²) in [6.07, 6.45) is 4.44. The summed E-state index contributed by atoms with van der Waals surface area (Å²) in [5.41, 5.74) is 1.07. The predicted molar refractivity (Wildman–Crippen MR) is 52.9 cm³/mol. The van der Waals surface area contributed by atoms with Crippen molar-refractivity contribution in [2.24, 2.45) is 0 Å².